The number of anilines is 1. The van der Waals surface area contributed by atoms with E-state index in [2.05, 4.69) is 16.8 Å². The van der Waals surface area contributed by atoms with Gasteiger partial charge in [-0.15, -0.1) is 0 Å². The monoisotopic (exact) mass is 280 g/mol. The third-order valence-electron chi connectivity index (χ3n) is 4.29. The van der Waals surface area contributed by atoms with Crippen molar-refractivity contribution in [3.8, 4) is 0 Å². The van der Waals surface area contributed by atoms with Crippen LogP contribution in [0.5, 0.6) is 0 Å². The largest absolute Gasteiger partial charge is 0.389 e. The van der Waals surface area contributed by atoms with Crippen LogP contribution in [-0.2, 0) is 0 Å². The van der Waals surface area contributed by atoms with Crippen molar-refractivity contribution in [1.82, 2.24) is 4.90 Å². The van der Waals surface area contributed by atoms with E-state index in [4.69, 9.17) is 0 Å². The van der Waals surface area contributed by atoms with Gasteiger partial charge < -0.3 is 14.9 Å². The number of hydrogen-bond acceptors (Lipinski definition) is 3. The molecule has 1 heterocycles. The van der Waals surface area contributed by atoms with Crippen molar-refractivity contribution in [1.29, 1.82) is 0 Å². The molecule has 0 spiro atoms. The van der Waals surface area contributed by atoms with Crippen LogP contribution in [0.2, 0.25) is 0 Å². The van der Waals surface area contributed by atoms with E-state index in [9.17, 15) is 9.50 Å². The lowest BCUT2D eigenvalue weighted by molar-refractivity contribution is 0.198. The Labute approximate surface area is 121 Å². The van der Waals surface area contributed by atoms with Crippen LogP contribution in [0, 0.1) is 12.7 Å². The van der Waals surface area contributed by atoms with Crippen LogP contribution in [0.3, 0.4) is 0 Å². The minimum absolute atomic E-state index is 0.251. The van der Waals surface area contributed by atoms with Gasteiger partial charge in [0.1, 0.15) is 5.82 Å². The summed E-state index contributed by atoms with van der Waals surface area (Å²) in [5.74, 6) is -0.251. The first-order chi connectivity index (χ1) is 9.40. The third kappa shape index (κ3) is 3.13. The Morgan fingerprint density at radius 2 is 2.15 bits per heavy atom. The molecule has 0 bridgehead atoms. The van der Waals surface area contributed by atoms with E-state index in [1.807, 2.05) is 13.1 Å². The van der Waals surface area contributed by atoms with Crippen molar-refractivity contribution in [2.24, 2.45) is 0 Å². The first kappa shape index (κ1) is 15.3. The number of piperidine rings is 1. The summed E-state index contributed by atoms with van der Waals surface area (Å²) in [6.07, 6.45) is 1.65. The Bertz CT molecular complexity index is 476. The number of aliphatic hydroxyl groups is 1. The van der Waals surface area contributed by atoms with Crippen molar-refractivity contribution in [3.05, 3.63) is 29.1 Å². The molecule has 1 N–H and O–H groups in total. The first-order valence-electron chi connectivity index (χ1n) is 7.29. The molecular formula is C16H25FN2O. The highest BCUT2D eigenvalue weighted by Crippen LogP contribution is 2.31. The normalized spacial score (nSPS) is 21.8. The third-order valence-corrected chi connectivity index (χ3v) is 4.29. The summed E-state index contributed by atoms with van der Waals surface area (Å²) >= 11 is 0. The van der Waals surface area contributed by atoms with Gasteiger partial charge in [0.25, 0.3) is 0 Å². The number of aliphatic hydroxyl groups excluding tert-OH is 1. The van der Waals surface area contributed by atoms with Crippen LogP contribution in [-0.4, -0.2) is 43.2 Å². The molecule has 2 rings (SSSR count). The Balaban J connectivity index is 2.32. The summed E-state index contributed by atoms with van der Waals surface area (Å²) in [5, 5.41) is 9.92. The Morgan fingerprint density at radius 3 is 2.75 bits per heavy atom. The van der Waals surface area contributed by atoms with E-state index in [-0.39, 0.29) is 5.82 Å². The molecule has 2 atom stereocenters. The highest BCUT2D eigenvalue weighted by Gasteiger charge is 2.24. The summed E-state index contributed by atoms with van der Waals surface area (Å²) in [4.78, 5) is 4.52. The number of benzene rings is 1. The molecule has 0 amide bonds. The predicted molar refractivity (Wildman–Crippen MR) is 80.7 cm³/mol. The van der Waals surface area contributed by atoms with Crippen LogP contribution in [0.4, 0.5) is 10.1 Å². The molecule has 0 radical (unpaired) electrons. The molecule has 3 nitrogen and oxygen atoms in total. The van der Waals surface area contributed by atoms with Crippen molar-refractivity contribution in [2.75, 3.05) is 32.1 Å². The molecule has 1 aromatic carbocycles. The molecule has 1 saturated heterocycles. The average Bonchev–Trinajstić information content (AvgIpc) is 2.40. The molecule has 1 aliphatic rings. The van der Waals surface area contributed by atoms with E-state index < -0.39 is 6.10 Å². The number of halogens is 1. The smallest absolute Gasteiger partial charge is 0.126 e. The van der Waals surface area contributed by atoms with Gasteiger partial charge in [0.05, 0.1) is 6.10 Å². The van der Waals surface area contributed by atoms with Gasteiger partial charge in [-0.1, -0.05) is 0 Å². The number of likely N-dealkylation sites (N-methyl/N-ethyl adjacent to an activating group) is 2. The van der Waals surface area contributed by atoms with E-state index >= 15 is 0 Å². The van der Waals surface area contributed by atoms with Crippen LogP contribution in [0.15, 0.2) is 12.1 Å². The van der Waals surface area contributed by atoms with Crippen LogP contribution in [0.25, 0.3) is 0 Å². The SMILES string of the molecule is Cc1cc(N(C)C2CCCN(C)C2)c(C(C)O)cc1F. The van der Waals surface area contributed by atoms with Crippen LogP contribution < -0.4 is 4.90 Å². The standard InChI is InChI=1S/C16H25FN2O/c1-11-8-16(14(12(2)20)9-15(11)17)19(4)13-6-5-7-18(3)10-13/h8-9,12-13,20H,5-7,10H2,1-4H3. The van der Waals surface area contributed by atoms with Crippen LogP contribution in [0.1, 0.15) is 37.0 Å². The maximum Gasteiger partial charge on any atom is 0.126 e. The summed E-state index contributed by atoms with van der Waals surface area (Å²) in [5.41, 5.74) is 2.24. The van der Waals surface area contributed by atoms with Gasteiger partial charge in [-0.05, 0) is 58.0 Å². The molecule has 0 aliphatic carbocycles. The lowest BCUT2D eigenvalue weighted by Gasteiger charge is -2.38. The van der Waals surface area contributed by atoms with Gasteiger partial charge >= 0.3 is 0 Å². The van der Waals surface area contributed by atoms with Crippen molar-refractivity contribution in [3.63, 3.8) is 0 Å². The maximum absolute atomic E-state index is 13.7. The van der Waals surface area contributed by atoms with Crippen molar-refractivity contribution in [2.45, 2.75) is 38.8 Å². The molecule has 2 unspecified atom stereocenters. The fourth-order valence-corrected chi connectivity index (χ4v) is 2.97. The van der Waals surface area contributed by atoms with Gasteiger partial charge in [-0.2, -0.15) is 0 Å². The maximum atomic E-state index is 13.7. The zero-order valence-corrected chi connectivity index (χ0v) is 12.9. The Hall–Kier alpha value is -1.13. The molecule has 0 saturated carbocycles. The molecule has 20 heavy (non-hydrogen) atoms. The zero-order chi connectivity index (χ0) is 14.9. The molecule has 1 aromatic rings. The zero-order valence-electron chi connectivity index (χ0n) is 12.9. The van der Waals surface area contributed by atoms with Crippen LogP contribution >= 0.6 is 0 Å². The summed E-state index contributed by atoms with van der Waals surface area (Å²) < 4.78 is 13.7. The quantitative estimate of drug-likeness (QED) is 0.922. The number of nitrogens with zero attached hydrogens (tertiary/aromatic N) is 2. The highest BCUT2D eigenvalue weighted by molar-refractivity contribution is 5.57. The second-order valence-corrected chi connectivity index (χ2v) is 6.01. The fourth-order valence-electron chi connectivity index (χ4n) is 2.97. The van der Waals surface area contributed by atoms with E-state index in [1.165, 1.54) is 12.5 Å². The molecule has 1 aliphatic heterocycles. The Morgan fingerprint density at radius 1 is 1.45 bits per heavy atom. The van der Waals surface area contributed by atoms with E-state index in [0.29, 0.717) is 17.2 Å². The van der Waals surface area contributed by atoms with Gasteiger partial charge in [0.15, 0.2) is 0 Å². The molecule has 4 heteroatoms. The van der Waals surface area contributed by atoms with Crippen molar-refractivity contribution >= 4 is 5.69 Å². The van der Waals surface area contributed by atoms with Gasteiger partial charge in [0, 0.05) is 30.9 Å². The first-order valence-corrected chi connectivity index (χ1v) is 7.29. The highest BCUT2D eigenvalue weighted by atomic mass is 19.1. The minimum atomic E-state index is -0.663. The number of hydrogen-bond donors (Lipinski definition) is 1. The summed E-state index contributed by atoms with van der Waals surface area (Å²) in [6.45, 7) is 5.60. The topological polar surface area (TPSA) is 26.7 Å². The second-order valence-electron chi connectivity index (χ2n) is 6.01. The van der Waals surface area contributed by atoms with Gasteiger partial charge in [-0.25, -0.2) is 4.39 Å². The summed E-state index contributed by atoms with van der Waals surface area (Å²) in [7, 11) is 4.17. The fraction of sp³-hybridized carbons (Fsp3) is 0.625. The lowest BCUT2D eigenvalue weighted by atomic mass is 10.00. The van der Waals surface area contributed by atoms with Crippen molar-refractivity contribution < 1.29 is 9.50 Å². The second kappa shape index (κ2) is 6.10. The molecule has 0 aromatic heterocycles. The van der Waals surface area contributed by atoms with E-state index in [1.54, 1.807) is 13.8 Å². The lowest BCUT2D eigenvalue weighted by Crippen LogP contribution is -2.45. The average molecular weight is 280 g/mol. The van der Waals surface area contributed by atoms with Gasteiger partial charge in [0.2, 0.25) is 0 Å². The van der Waals surface area contributed by atoms with Gasteiger partial charge in [-0.3, -0.25) is 0 Å². The summed E-state index contributed by atoms with van der Waals surface area (Å²) in [6, 6.07) is 3.74. The number of rotatable bonds is 3. The van der Waals surface area contributed by atoms with E-state index in [0.717, 1.165) is 25.2 Å². The molecular weight excluding hydrogens is 255 g/mol. The number of aryl methyl sites for hydroxylation is 1. The molecule has 112 valence electrons. The predicted octanol–water partition coefficient (Wildman–Crippen LogP) is 2.72. The minimum Gasteiger partial charge on any atom is -0.389 e. The molecule has 1 fully saturated rings. The number of likely N-dealkylation sites (tertiary alicyclic amines) is 1. The Kier molecular flexibility index (Phi) is 4.66.